The highest BCUT2D eigenvalue weighted by molar-refractivity contribution is 5.77. The standard InChI is InChI=1S/C10H17N3O4/c1-12-8(11)2-3-13(10(12)16)9-4-6(15)7(5-14)17-9/h2-3,6-9,14-15H,4-5,11H2,1H3/t6-,7-,8?,9-/m1/s1. The van der Waals surface area contributed by atoms with Crippen LogP contribution in [0, 0.1) is 0 Å². The predicted molar refractivity (Wildman–Crippen MR) is 58.5 cm³/mol. The van der Waals surface area contributed by atoms with E-state index in [1.165, 1.54) is 9.80 Å². The summed E-state index contributed by atoms with van der Waals surface area (Å²) in [7, 11) is 1.60. The van der Waals surface area contributed by atoms with Crippen molar-refractivity contribution < 1.29 is 19.7 Å². The minimum atomic E-state index is -0.757. The Morgan fingerprint density at radius 2 is 2.35 bits per heavy atom. The van der Waals surface area contributed by atoms with Crippen LogP contribution < -0.4 is 5.73 Å². The normalized spacial score (nSPS) is 38.0. The smallest absolute Gasteiger partial charge is 0.327 e. The van der Waals surface area contributed by atoms with Crippen LogP contribution in [-0.2, 0) is 4.74 Å². The third-order valence-electron chi connectivity index (χ3n) is 3.11. The molecule has 17 heavy (non-hydrogen) atoms. The van der Waals surface area contributed by atoms with Crippen molar-refractivity contribution >= 4 is 6.03 Å². The van der Waals surface area contributed by atoms with Crippen LogP contribution in [0.3, 0.4) is 0 Å². The number of carbonyl (C=O) groups excluding carboxylic acids is 1. The van der Waals surface area contributed by atoms with E-state index in [1.807, 2.05) is 0 Å². The van der Waals surface area contributed by atoms with Crippen molar-refractivity contribution in [1.82, 2.24) is 9.80 Å². The molecule has 0 aliphatic carbocycles. The number of likely N-dealkylation sites (N-methyl/N-ethyl adjacent to an activating group) is 1. The summed E-state index contributed by atoms with van der Waals surface area (Å²) in [4.78, 5) is 14.7. The van der Waals surface area contributed by atoms with E-state index in [-0.39, 0.29) is 19.1 Å². The van der Waals surface area contributed by atoms with Crippen molar-refractivity contribution in [3.05, 3.63) is 12.3 Å². The van der Waals surface area contributed by atoms with E-state index in [0.717, 1.165) is 0 Å². The highest BCUT2D eigenvalue weighted by atomic mass is 16.5. The molecule has 4 N–H and O–H groups in total. The molecule has 1 fully saturated rings. The Hall–Kier alpha value is -1.15. The van der Waals surface area contributed by atoms with Gasteiger partial charge in [-0.05, 0) is 6.08 Å². The summed E-state index contributed by atoms with van der Waals surface area (Å²) in [6, 6.07) is -0.282. The zero-order chi connectivity index (χ0) is 12.6. The highest BCUT2D eigenvalue weighted by Crippen LogP contribution is 2.25. The first-order valence-electron chi connectivity index (χ1n) is 5.48. The Kier molecular flexibility index (Phi) is 3.34. The quantitative estimate of drug-likeness (QED) is 0.555. The zero-order valence-electron chi connectivity index (χ0n) is 9.56. The largest absolute Gasteiger partial charge is 0.394 e. The summed E-state index contributed by atoms with van der Waals surface area (Å²) in [6.45, 7) is -0.265. The molecule has 1 unspecified atom stereocenters. The number of hydrogen-bond donors (Lipinski definition) is 3. The van der Waals surface area contributed by atoms with Crippen molar-refractivity contribution in [3.63, 3.8) is 0 Å². The van der Waals surface area contributed by atoms with Crippen molar-refractivity contribution in [2.24, 2.45) is 5.73 Å². The summed E-state index contributed by atoms with van der Waals surface area (Å²) < 4.78 is 5.40. The minimum Gasteiger partial charge on any atom is -0.394 e. The maximum Gasteiger partial charge on any atom is 0.327 e. The SMILES string of the molecule is CN1C(=O)N([C@H]2C[C@@H](O)[C@@H](CO)O2)C=CC1N. The highest BCUT2D eigenvalue weighted by Gasteiger charge is 2.40. The first-order chi connectivity index (χ1) is 8.04. The lowest BCUT2D eigenvalue weighted by atomic mass is 10.2. The van der Waals surface area contributed by atoms with Gasteiger partial charge in [0.2, 0.25) is 0 Å². The van der Waals surface area contributed by atoms with Gasteiger partial charge < -0.3 is 25.6 Å². The van der Waals surface area contributed by atoms with Crippen molar-refractivity contribution in [1.29, 1.82) is 0 Å². The van der Waals surface area contributed by atoms with Gasteiger partial charge >= 0.3 is 6.03 Å². The number of amides is 2. The molecule has 7 nitrogen and oxygen atoms in total. The minimum absolute atomic E-state index is 0.265. The molecule has 2 aliphatic rings. The number of nitrogens with zero attached hydrogens (tertiary/aromatic N) is 2. The molecule has 2 aliphatic heterocycles. The second kappa shape index (κ2) is 4.61. The molecule has 2 amide bonds. The monoisotopic (exact) mass is 243 g/mol. The number of ether oxygens (including phenoxy) is 1. The Bertz CT molecular complexity index is 336. The van der Waals surface area contributed by atoms with Crippen LogP contribution in [0.25, 0.3) is 0 Å². The third-order valence-corrected chi connectivity index (χ3v) is 3.11. The van der Waals surface area contributed by atoms with E-state index in [0.29, 0.717) is 0 Å². The summed E-state index contributed by atoms with van der Waals surface area (Å²) in [5.74, 6) is 0. The molecule has 0 radical (unpaired) electrons. The van der Waals surface area contributed by atoms with Crippen LogP contribution in [0.2, 0.25) is 0 Å². The number of nitrogens with two attached hydrogens (primary N) is 1. The lowest BCUT2D eigenvalue weighted by molar-refractivity contribution is -0.0576. The van der Waals surface area contributed by atoms with Gasteiger partial charge in [0.05, 0.1) is 12.7 Å². The molecule has 0 aromatic rings. The molecular weight excluding hydrogens is 226 g/mol. The first kappa shape index (κ1) is 12.3. The number of hydrogen-bond acceptors (Lipinski definition) is 5. The maximum atomic E-state index is 11.9. The molecule has 0 aromatic heterocycles. The van der Waals surface area contributed by atoms with Gasteiger partial charge in [-0.2, -0.15) is 0 Å². The van der Waals surface area contributed by atoms with Crippen LogP contribution in [0.4, 0.5) is 4.79 Å². The second-order valence-electron chi connectivity index (χ2n) is 4.25. The zero-order valence-corrected chi connectivity index (χ0v) is 9.56. The van der Waals surface area contributed by atoms with Gasteiger partial charge in [0.15, 0.2) is 0 Å². The first-order valence-corrected chi connectivity index (χ1v) is 5.48. The second-order valence-corrected chi connectivity index (χ2v) is 4.25. The number of aliphatic hydroxyl groups excluding tert-OH is 2. The van der Waals surface area contributed by atoms with E-state index in [4.69, 9.17) is 15.6 Å². The molecule has 96 valence electrons. The molecule has 0 saturated carbocycles. The van der Waals surface area contributed by atoms with Gasteiger partial charge in [-0.15, -0.1) is 0 Å². The van der Waals surface area contributed by atoms with E-state index in [2.05, 4.69) is 0 Å². The van der Waals surface area contributed by atoms with Gasteiger partial charge in [0.1, 0.15) is 18.5 Å². The fourth-order valence-electron chi connectivity index (χ4n) is 1.95. The Labute approximate surface area is 99.0 Å². The van der Waals surface area contributed by atoms with Gasteiger partial charge in [0.25, 0.3) is 0 Å². The van der Waals surface area contributed by atoms with Crippen molar-refractivity contribution in [2.75, 3.05) is 13.7 Å². The number of rotatable bonds is 2. The molecule has 2 rings (SSSR count). The molecule has 7 heteroatoms. The van der Waals surface area contributed by atoms with Crippen molar-refractivity contribution in [2.45, 2.75) is 31.0 Å². The van der Waals surface area contributed by atoms with Gasteiger partial charge in [-0.1, -0.05) is 0 Å². The van der Waals surface area contributed by atoms with E-state index < -0.39 is 24.6 Å². The molecule has 4 atom stereocenters. The summed E-state index contributed by atoms with van der Waals surface area (Å²) in [5.41, 5.74) is 5.67. The lowest BCUT2D eigenvalue weighted by Crippen LogP contribution is -2.53. The van der Waals surface area contributed by atoms with E-state index in [1.54, 1.807) is 19.3 Å². The summed E-state index contributed by atoms with van der Waals surface area (Å²) >= 11 is 0. The van der Waals surface area contributed by atoms with Crippen LogP contribution in [-0.4, -0.2) is 64.3 Å². The average Bonchev–Trinajstić information content (AvgIpc) is 2.67. The molecular formula is C10H17N3O4. The van der Waals surface area contributed by atoms with Crippen LogP contribution in [0.15, 0.2) is 12.3 Å². The fourth-order valence-corrected chi connectivity index (χ4v) is 1.95. The molecule has 0 aromatic carbocycles. The van der Waals surface area contributed by atoms with Gasteiger partial charge in [0, 0.05) is 19.7 Å². The summed E-state index contributed by atoms with van der Waals surface area (Å²) in [5, 5.41) is 18.6. The maximum absolute atomic E-state index is 11.9. The molecule has 0 bridgehead atoms. The van der Waals surface area contributed by atoms with Crippen LogP contribution >= 0.6 is 0 Å². The number of urea groups is 1. The Balaban J connectivity index is 2.09. The van der Waals surface area contributed by atoms with Crippen LogP contribution in [0.5, 0.6) is 0 Å². The lowest BCUT2D eigenvalue weighted by Gasteiger charge is -2.35. The van der Waals surface area contributed by atoms with Crippen molar-refractivity contribution in [3.8, 4) is 0 Å². The third kappa shape index (κ3) is 2.14. The van der Waals surface area contributed by atoms with E-state index in [9.17, 15) is 9.90 Å². The fraction of sp³-hybridized carbons (Fsp3) is 0.700. The summed E-state index contributed by atoms with van der Waals surface area (Å²) in [6.07, 6.45) is 1.12. The van der Waals surface area contributed by atoms with Crippen LogP contribution in [0.1, 0.15) is 6.42 Å². The number of carbonyl (C=O) groups is 1. The van der Waals surface area contributed by atoms with E-state index >= 15 is 0 Å². The average molecular weight is 243 g/mol. The molecule has 0 spiro atoms. The Morgan fingerprint density at radius 1 is 1.65 bits per heavy atom. The molecule has 2 heterocycles. The number of aliphatic hydroxyl groups is 2. The predicted octanol–water partition coefficient (Wildman–Crippen LogP) is -1.38. The van der Waals surface area contributed by atoms with Gasteiger partial charge in [-0.3, -0.25) is 4.90 Å². The Morgan fingerprint density at radius 3 is 2.94 bits per heavy atom. The van der Waals surface area contributed by atoms with Gasteiger partial charge in [-0.25, -0.2) is 4.79 Å². The topological polar surface area (TPSA) is 99.3 Å². The molecule has 1 saturated heterocycles.